The molecule has 1 rings (SSSR count). The van der Waals surface area contributed by atoms with Crippen LogP contribution in [0, 0.1) is 6.92 Å². The lowest BCUT2D eigenvalue weighted by atomic mass is 10.1. The number of aryl methyl sites for hydroxylation is 1. The summed E-state index contributed by atoms with van der Waals surface area (Å²) >= 11 is 0. The number of benzene rings is 1. The van der Waals surface area contributed by atoms with Crippen LogP contribution in [0.3, 0.4) is 0 Å². The first kappa shape index (κ1) is 16.5. The Morgan fingerprint density at radius 2 is 2.05 bits per heavy atom. The van der Waals surface area contributed by atoms with Crippen molar-refractivity contribution in [1.29, 1.82) is 0 Å². The van der Waals surface area contributed by atoms with E-state index in [9.17, 15) is 4.79 Å². The van der Waals surface area contributed by atoms with E-state index in [1.807, 2.05) is 46.1 Å². The van der Waals surface area contributed by atoms with E-state index in [0.717, 1.165) is 36.3 Å². The van der Waals surface area contributed by atoms with E-state index < -0.39 is 0 Å². The number of hydrogen-bond donors (Lipinski definition) is 2. The van der Waals surface area contributed by atoms with Gasteiger partial charge in [-0.2, -0.15) is 0 Å². The zero-order valence-electron chi connectivity index (χ0n) is 13.3. The Hall–Kier alpha value is -1.55. The lowest BCUT2D eigenvalue weighted by Crippen LogP contribution is -2.39. The SMILES string of the molecule is CCCNc1cc(C)ccc1C(=O)NC(C)CN(C)C. The topological polar surface area (TPSA) is 44.4 Å². The number of nitrogens with one attached hydrogen (secondary N) is 2. The molecule has 0 saturated carbocycles. The summed E-state index contributed by atoms with van der Waals surface area (Å²) in [7, 11) is 4.01. The summed E-state index contributed by atoms with van der Waals surface area (Å²) in [6.07, 6.45) is 1.03. The first-order chi connectivity index (χ1) is 9.43. The van der Waals surface area contributed by atoms with Gasteiger partial charge in [-0.05, 0) is 52.1 Å². The molecule has 4 nitrogen and oxygen atoms in total. The molecule has 0 aliphatic carbocycles. The Kier molecular flexibility index (Phi) is 6.52. The van der Waals surface area contributed by atoms with Gasteiger partial charge in [-0.25, -0.2) is 0 Å². The quantitative estimate of drug-likeness (QED) is 0.805. The minimum Gasteiger partial charge on any atom is -0.384 e. The van der Waals surface area contributed by atoms with Gasteiger partial charge in [0.05, 0.1) is 5.56 Å². The summed E-state index contributed by atoms with van der Waals surface area (Å²) in [6.45, 7) is 7.87. The van der Waals surface area contributed by atoms with E-state index in [1.165, 1.54) is 0 Å². The van der Waals surface area contributed by atoms with Gasteiger partial charge in [0.15, 0.2) is 0 Å². The first-order valence-corrected chi connectivity index (χ1v) is 7.24. The minimum atomic E-state index is -0.0158. The zero-order chi connectivity index (χ0) is 15.1. The smallest absolute Gasteiger partial charge is 0.253 e. The molecule has 1 aromatic carbocycles. The highest BCUT2D eigenvalue weighted by Crippen LogP contribution is 2.17. The van der Waals surface area contributed by atoms with Crippen molar-refractivity contribution in [2.24, 2.45) is 0 Å². The summed E-state index contributed by atoms with van der Waals surface area (Å²) in [5.74, 6) is -0.0158. The van der Waals surface area contributed by atoms with E-state index >= 15 is 0 Å². The standard InChI is InChI=1S/C16H27N3O/c1-6-9-17-15-10-12(2)7-8-14(15)16(20)18-13(3)11-19(4)5/h7-8,10,13,17H,6,9,11H2,1-5H3,(H,18,20). The van der Waals surface area contributed by atoms with Gasteiger partial charge in [0.25, 0.3) is 5.91 Å². The van der Waals surface area contributed by atoms with Crippen molar-refractivity contribution in [2.45, 2.75) is 33.2 Å². The van der Waals surface area contributed by atoms with Gasteiger partial charge < -0.3 is 15.5 Å². The van der Waals surface area contributed by atoms with Gasteiger partial charge in [-0.1, -0.05) is 13.0 Å². The molecule has 0 bridgehead atoms. The fourth-order valence-corrected chi connectivity index (χ4v) is 2.16. The molecule has 1 unspecified atom stereocenters. The molecule has 0 heterocycles. The second-order valence-electron chi connectivity index (χ2n) is 5.61. The highest BCUT2D eigenvalue weighted by Gasteiger charge is 2.14. The van der Waals surface area contributed by atoms with E-state index in [2.05, 4.69) is 22.5 Å². The van der Waals surface area contributed by atoms with Crippen molar-refractivity contribution in [3.63, 3.8) is 0 Å². The van der Waals surface area contributed by atoms with E-state index in [0.29, 0.717) is 0 Å². The molecule has 0 aromatic heterocycles. The Morgan fingerprint density at radius 1 is 1.35 bits per heavy atom. The molecule has 0 fully saturated rings. The van der Waals surface area contributed by atoms with Crippen LogP contribution in [0.4, 0.5) is 5.69 Å². The molecule has 0 radical (unpaired) electrons. The number of nitrogens with zero attached hydrogens (tertiary/aromatic N) is 1. The van der Waals surface area contributed by atoms with Crippen LogP contribution < -0.4 is 10.6 Å². The molecule has 0 saturated heterocycles. The fourth-order valence-electron chi connectivity index (χ4n) is 2.16. The minimum absolute atomic E-state index is 0.0158. The third-order valence-electron chi connectivity index (χ3n) is 3.00. The van der Waals surface area contributed by atoms with Gasteiger partial charge >= 0.3 is 0 Å². The fraction of sp³-hybridized carbons (Fsp3) is 0.562. The molecule has 0 spiro atoms. The van der Waals surface area contributed by atoms with Gasteiger partial charge in [-0.15, -0.1) is 0 Å². The lowest BCUT2D eigenvalue weighted by molar-refractivity contribution is 0.0935. The number of rotatable bonds is 7. The Balaban J connectivity index is 2.80. The number of hydrogen-bond acceptors (Lipinski definition) is 3. The van der Waals surface area contributed by atoms with Crippen LogP contribution in [0.2, 0.25) is 0 Å². The maximum absolute atomic E-state index is 12.4. The predicted octanol–water partition coefficient (Wildman–Crippen LogP) is 2.50. The van der Waals surface area contributed by atoms with Crippen molar-refractivity contribution in [3.8, 4) is 0 Å². The highest BCUT2D eigenvalue weighted by molar-refractivity contribution is 5.99. The van der Waals surface area contributed by atoms with Crippen LogP contribution >= 0.6 is 0 Å². The van der Waals surface area contributed by atoms with Gasteiger partial charge in [-0.3, -0.25) is 4.79 Å². The summed E-state index contributed by atoms with van der Waals surface area (Å²) in [5, 5.41) is 6.37. The normalized spacial score (nSPS) is 12.3. The van der Waals surface area contributed by atoms with Crippen molar-refractivity contribution < 1.29 is 4.79 Å². The molecule has 1 aromatic rings. The Bertz CT molecular complexity index is 443. The number of likely N-dealkylation sites (N-methyl/N-ethyl adjacent to an activating group) is 1. The molecular weight excluding hydrogens is 250 g/mol. The van der Waals surface area contributed by atoms with Crippen molar-refractivity contribution in [1.82, 2.24) is 10.2 Å². The van der Waals surface area contributed by atoms with Crippen LogP contribution in [-0.2, 0) is 0 Å². The molecule has 112 valence electrons. The maximum Gasteiger partial charge on any atom is 0.253 e. The molecular formula is C16H27N3O. The number of anilines is 1. The van der Waals surface area contributed by atoms with Crippen LogP contribution in [0.25, 0.3) is 0 Å². The van der Waals surface area contributed by atoms with Crippen molar-refractivity contribution >= 4 is 11.6 Å². The molecule has 20 heavy (non-hydrogen) atoms. The summed E-state index contributed by atoms with van der Waals surface area (Å²) < 4.78 is 0. The van der Waals surface area contributed by atoms with Crippen LogP contribution in [0.15, 0.2) is 18.2 Å². The third kappa shape index (κ3) is 5.21. The molecule has 2 N–H and O–H groups in total. The summed E-state index contributed by atoms with van der Waals surface area (Å²) in [6, 6.07) is 6.02. The average Bonchev–Trinajstić information content (AvgIpc) is 2.35. The molecule has 0 aliphatic heterocycles. The first-order valence-electron chi connectivity index (χ1n) is 7.24. The Labute approximate surface area is 122 Å². The highest BCUT2D eigenvalue weighted by atomic mass is 16.1. The average molecular weight is 277 g/mol. The largest absolute Gasteiger partial charge is 0.384 e. The summed E-state index contributed by atoms with van der Waals surface area (Å²) in [5.41, 5.74) is 2.79. The lowest BCUT2D eigenvalue weighted by Gasteiger charge is -2.19. The second-order valence-corrected chi connectivity index (χ2v) is 5.61. The van der Waals surface area contributed by atoms with Gasteiger partial charge in [0.2, 0.25) is 0 Å². The van der Waals surface area contributed by atoms with Crippen LogP contribution in [0.1, 0.15) is 36.2 Å². The predicted molar refractivity (Wildman–Crippen MR) is 85.4 cm³/mol. The number of carbonyl (C=O) groups is 1. The van der Waals surface area contributed by atoms with Crippen LogP contribution in [0.5, 0.6) is 0 Å². The van der Waals surface area contributed by atoms with E-state index in [4.69, 9.17) is 0 Å². The number of amides is 1. The number of carbonyl (C=O) groups excluding carboxylic acids is 1. The zero-order valence-corrected chi connectivity index (χ0v) is 13.3. The Morgan fingerprint density at radius 3 is 2.65 bits per heavy atom. The third-order valence-corrected chi connectivity index (χ3v) is 3.00. The second kappa shape index (κ2) is 7.90. The van der Waals surface area contributed by atoms with Gasteiger partial charge in [0.1, 0.15) is 0 Å². The molecule has 0 aliphatic rings. The monoisotopic (exact) mass is 277 g/mol. The van der Waals surface area contributed by atoms with E-state index in [1.54, 1.807) is 0 Å². The molecule has 1 amide bonds. The van der Waals surface area contributed by atoms with Crippen molar-refractivity contribution in [2.75, 3.05) is 32.5 Å². The summed E-state index contributed by atoms with van der Waals surface area (Å²) in [4.78, 5) is 14.4. The maximum atomic E-state index is 12.4. The molecule has 4 heteroatoms. The van der Waals surface area contributed by atoms with Crippen molar-refractivity contribution in [3.05, 3.63) is 29.3 Å². The van der Waals surface area contributed by atoms with E-state index in [-0.39, 0.29) is 11.9 Å². The van der Waals surface area contributed by atoms with Gasteiger partial charge in [0, 0.05) is 24.8 Å². The molecule has 1 atom stereocenters. The van der Waals surface area contributed by atoms with Crippen LogP contribution in [-0.4, -0.2) is 44.0 Å².